The number of nitrogens with two attached hydrogens (primary N) is 1. The number of ketones is 1. The number of Topliss-reactive ketones (excluding diaryl/α,β-unsaturated/α-hetero) is 1. The standard InChI is InChI=1S/C27H24N6O5/c1-14(34)15-5-7-16(8-6-15)25-29-12-11-21(31-25)30-23(24(28)36)17-3-2-4-18-19(17)13-33(27(18)38)20-9-10-22(35)32-26(20)37/h2-8,11-12,20,23H,9-10,13H2,1H3,(H2,28,36)(H,29,30,31)(H,32,35,37). The molecule has 4 amide bonds. The van der Waals surface area contributed by atoms with Crippen molar-refractivity contribution < 1.29 is 24.0 Å². The lowest BCUT2D eigenvalue weighted by Gasteiger charge is -2.29. The first-order valence-electron chi connectivity index (χ1n) is 12.0. The zero-order valence-corrected chi connectivity index (χ0v) is 20.4. The highest BCUT2D eigenvalue weighted by Crippen LogP contribution is 2.33. The van der Waals surface area contributed by atoms with Gasteiger partial charge >= 0.3 is 0 Å². The maximum absolute atomic E-state index is 13.2. The topological polar surface area (TPSA) is 164 Å². The predicted octanol–water partition coefficient (Wildman–Crippen LogP) is 1.75. The molecular formula is C27H24N6O5. The molecule has 11 heteroatoms. The van der Waals surface area contributed by atoms with Gasteiger partial charge in [0.05, 0.1) is 0 Å². The predicted molar refractivity (Wildman–Crippen MR) is 136 cm³/mol. The minimum Gasteiger partial charge on any atom is -0.368 e. The van der Waals surface area contributed by atoms with E-state index in [9.17, 15) is 24.0 Å². The molecule has 11 nitrogen and oxygen atoms in total. The van der Waals surface area contributed by atoms with Gasteiger partial charge in [-0.1, -0.05) is 36.4 Å². The van der Waals surface area contributed by atoms with E-state index < -0.39 is 23.9 Å². The number of primary amides is 1. The summed E-state index contributed by atoms with van der Waals surface area (Å²) in [5.41, 5.74) is 8.46. The van der Waals surface area contributed by atoms with Crippen molar-refractivity contribution in [2.24, 2.45) is 5.73 Å². The molecule has 38 heavy (non-hydrogen) atoms. The third-order valence-corrected chi connectivity index (χ3v) is 6.71. The van der Waals surface area contributed by atoms with E-state index in [2.05, 4.69) is 20.6 Å². The second-order valence-corrected chi connectivity index (χ2v) is 9.15. The number of amides is 4. The number of hydrogen-bond donors (Lipinski definition) is 3. The van der Waals surface area contributed by atoms with Crippen molar-refractivity contribution in [3.8, 4) is 11.4 Å². The third kappa shape index (κ3) is 4.61. The number of aromatic nitrogens is 2. The van der Waals surface area contributed by atoms with Gasteiger partial charge in [-0.05, 0) is 36.6 Å². The number of nitrogens with one attached hydrogen (secondary N) is 2. The summed E-state index contributed by atoms with van der Waals surface area (Å²) in [6.45, 7) is 1.58. The number of carbonyl (C=O) groups is 5. The first-order chi connectivity index (χ1) is 18.2. The Kier molecular flexibility index (Phi) is 6.41. The third-order valence-electron chi connectivity index (χ3n) is 6.71. The lowest BCUT2D eigenvalue weighted by Crippen LogP contribution is -2.52. The molecule has 1 saturated heterocycles. The minimum absolute atomic E-state index is 0.0535. The Morgan fingerprint density at radius 2 is 1.87 bits per heavy atom. The molecule has 5 rings (SSSR count). The summed E-state index contributed by atoms with van der Waals surface area (Å²) < 4.78 is 0. The number of anilines is 1. The molecule has 0 aliphatic carbocycles. The molecule has 0 saturated carbocycles. The number of benzene rings is 2. The van der Waals surface area contributed by atoms with E-state index in [-0.39, 0.29) is 37.0 Å². The number of fused-ring (bicyclic) bond motifs is 1. The second-order valence-electron chi connectivity index (χ2n) is 9.15. The van der Waals surface area contributed by atoms with Crippen LogP contribution in [-0.2, 0) is 20.9 Å². The van der Waals surface area contributed by atoms with Gasteiger partial charge in [-0.25, -0.2) is 9.97 Å². The molecule has 3 heterocycles. The summed E-state index contributed by atoms with van der Waals surface area (Å²) in [5.74, 6) is -1.26. The molecule has 2 atom stereocenters. The van der Waals surface area contributed by atoms with Gasteiger partial charge in [-0.3, -0.25) is 29.3 Å². The monoisotopic (exact) mass is 512 g/mol. The summed E-state index contributed by atoms with van der Waals surface area (Å²) in [6.07, 6.45) is 1.90. The highest BCUT2D eigenvalue weighted by molar-refractivity contribution is 6.05. The van der Waals surface area contributed by atoms with Gasteiger partial charge in [0.25, 0.3) is 5.91 Å². The van der Waals surface area contributed by atoms with Crippen LogP contribution in [0.2, 0.25) is 0 Å². The van der Waals surface area contributed by atoms with Crippen LogP contribution in [0.3, 0.4) is 0 Å². The fraction of sp³-hybridized carbons (Fsp3) is 0.222. The highest BCUT2D eigenvalue weighted by Gasteiger charge is 2.40. The van der Waals surface area contributed by atoms with Crippen molar-refractivity contribution in [3.05, 3.63) is 77.0 Å². The van der Waals surface area contributed by atoms with Crippen molar-refractivity contribution in [2.45, 2.75) is 38.4 Å². The fourth-order valence-electron chi connectivity index (χ4n) is 4.76. The fourth-order valence-corrected chi connectivity index (χ4v) is 4.76. The van der Waals surface area contributed by atoms with Gasteiger partial charge < -0.3 is 16.0 Å². The number of imide groups is 1. The van der Waals surface area contributed by atoms with Crippen LogP contribution in [0.5, 0.6) is 0 Å². The molecule has 4 N–H and O–H groups in total. The zero-order valence-electron chi connectivity index (χ0n) is 20.4. The van der Waals surface area contributed by atoms with Crippen LogP contribution >= 0.6 is 0 Å². The van der Waals surface area contributed by atoms with Gasteiger partial charge in [-0.15, -0.1) is 0 Å². The lowest BCUT2D eigenvalue weighted by molar-refractivity contribution is -0.137. The van der Waals surface area contributed by atoms with Crippen LogP contribution in [0.1, 0.15) is 57.7 Å². The highest BCUT2D eigenvalue weighted by atomic mass is 16.2. The Bertz CT molecular complexity index is 1490. The molecule has 0 bridgehead atoms. The molecule has 2 aliphatic rings. The summed E-state index contributed by atoms with van der Waals surface area (Å²) >= 11 is 0. The van der Waals surface area contributed by atoms with Crippen LogP contribution in [0.25, 0.3) is 11.4 Å². The van der Waals surface area contributed by atoms with E-state index >= 15 is 0 Å². The summed E-state index contributed by atoms with van der Waals surface area (Å²) in [6, 6.07) is 11.6. The summed E-state index contributed by atoms with van der Waals surface area (Å²) in [7, 11) is 0. The van der Waals surface area contributed by atoms with E-state index in [1.54, 1.807) is 48.5 Å². The number of nitrogens with zero attached hydrogens (tertiary/aromatic N) is 3. The van der Waals surface area contributed by atoms with Crippen LogP contribution < -0.4 is 16.4 Å². The Hall–Kier alpha value is -4.93. The Morgan fingerprint density at radius 3 is 2.55 bits per heavy atom. The Morgan fingerprint density at radius 1 is 1.11 bits per heavy atom. The van der Waals surface area contributed by atoms with Crippen molar-refractivity contribution in [2.75, 3.05) is 5.32 Å². The molecule has 192 valence electrons. The van der Waals surface area contributed by atoms with E-state index in [4.69, 9.17) is 5.73 Å². The lowest BCUT2D eigenvalue weighted by atomic mass is 9.96. The van der Waals surface area contributed by atoms with Gasteiger partial charge in [0.2, 0.25) is 17.7 Å². The van der Waals surface area contributed by atoms with Gasteiger partial charge in [0.15, 0.2) is 11.6 Å². The van der Waals surface area contributed by atoms with Crippen LogP contribution in [0.15, 0.2) is 54.7 Å². The normalized spacial score (nSPS) is 17.6. The quantitative estimate of drug-likeness (QED) is 0.318. The Labute approximate surface area is 217 Å². The first-order valence-corrected chi connectivity index (χ1v) is 12.0. The van der Waals surface area contributed by atoms with Crippen molar-refractivity contribution >= 4 is 35.2 Å². The molecule has 3 aromatic rings. The molecular weight excluding hydrogens is 488 g/mol. The van der Waals surface area contributed by atoms with Crippen molar-refractivity contribution in [1.82, 2.24) is 20.2 Å². The van der Waals surface area contributed by atoms with Crippen molar-refractivity contribution in [3.63, 3.8) is 0 Å². The molecule has 2 aromatic carbocycles. The van der Waals surface area contributed by atoms with Crippen LogP contribution in [0, 0.1) is 0 Å². The maximum atomic E-state index is 13.2. The molecule has 0 spiro atoms. The van der Waals surface area contributed by atoms with Gasteiger partial charge in [0, 0.05) is 35.9 Å². The average Bonchev–Trinajstić information content (AvgIpc) is 3.23. The molecule has 1 aromatic heterocycles. The average molecular weight is 513 g/mol. The molecule has 2 aliphatic heterocycles. The second kappa shape index (κ2) is 9.85. The van der Waals surface area contributed by atoms with Crippen LogP contribution in [-0.4, -0.2) is 50.3 Å². The summed E-state index contributed by atoms with van der Waals surface area (Å²) in [4.78, 5) is 71.5. The van der Waals surface area contributed by atoms with Gasteiger partial charge in [0.1, 0.15) is 17.9 Å². The first kappa shape index (κ1) is 24.8. The maximum Gasteiger partial charge on any atom is 0.255 e. The van der Waals surface area contributed by atoms with Crippen molar-refractivity contribution in [1.29, 1.82) is 0 Å². The number of carbonyl (C=O) groups excluding carboxylic acids is 5. The smallest absolute Gasteiger partial charge is 0.255 e. The zero-order chi connectivity index (χ0) is 27.0. The van der Waals surface area contributed by atoms with E-state index in [0.29, 0.717) is 39.5 Å². The van der Waals surface area contributed by atoms with Gasteiger partial charge in [-0.2, -0.15) is 0 Å². The Balaban J connectivity index is 1.42. The van der Waals surface area contributed by atoms with E-state index in [1.165, 1.54) is 18.0 Å². The minimum atomic E-state index is -1.03. The largest absolute Gasteiger partial charge is 0.368 e. The van der Waals surface area contributed by atoms with E-state index in [1.807, 2.05) is 0 Å². The summed E-state index contributed by atoms with van der Waals surface area (Å²) in [5, 5.41) is 5.33. The molecule has 0 radical (unpaired) electrons. The van der Waals surface area contributed by atoms with E-state index in [0.717, 1.165) is 0 Å². The number of rotatable bonds is 7. The SMILES string of the molecule is CC(=O)c1ccc(-c2nccc(NC(C(N)=O)c3cccc4c3CN(C3CCC(=O)NC3=O)C4=O)n2)cc1. The number of piperidine rings is 1. The molecule has 1 fully saturated rings. The van der Waals surface area contributed by atoms with Crippen LogP contribution in [0.4, 0.5) is 5.82 Å². The number of hydrogen-bond acceptors (Lipinski definition) is 8. The molecule has 2 unspecified atom stereocenters.